The summed E-state index contributed by atoms with van der Waals surface area (Å²) >= 11 is 0. The number of hydrogen-bond donors (Lipinski definition) is 0. The normalized spacial score (nSPS) is 17.0. The summed E-state index contributed by atoms with van der Waals surface area (Å²) in [5, 5.41) is 0. The third-order valence-electron chi connectivity index (χ3n) is 3.12. The van der Waals surface area contributed by atoms with Gasteiger partial charge in [-0.1, -0.05) is 19.8 Å². The molecule has 1 aliphatic rings. The number of likely N-dealkylation sites (tertiary alicyclic amines) is 1. The molecule has 0 bridgehead atoms. The topological polar surface area (TPSA) is 63.7 Å². The molecule has 2 amide bonds. The fourth-order valence-electron chi connectivity index (χ4n) is 1.85. The molecule has 1 rings (SSSR count). The largest absolute Gasteiger partial charge is 0.461 e. The van der Waals surface area contributed by atoms with Crippen molar-refractivity contribution in [1.82, 2.24) is 4.90 Å². The number of β-lactam (4-membered cyclic amide) rings is 1. The number of nitrogens with zero attached hydrogens (tertiary/aromatic N) is 1. The van der Waals surface area contributed by atoms with Crippen LogP contribution >= 0.6 is 0 Å². The molecule has 1 aliphatic heterocycles. The molecule has 1 heterocycles. The molecule has 5 nitrogen and oxygen atoms in total. The van der Waals surface area contributed by atoms with E-state index in [9.17, 15) is 14.4 Å². The van der Waals surface area contributed by atoms with Gasteiger partial charge in [-0.25, -0.2) is 0 Å². The van der Waals surface area contributed by atoms with Gasteiger partial charge < -0.3 is 4.74 Å². The molecule has 106 valence electrons. The average molecular weight is 267 g/mol. The Bertz CT molecular complexity index is 412. The van der Waals surface area contributed by atoms with Gasteiger partial charge >= 0.3 is 5.97 Å². The number of rotatable bonds is 6. The molecule has 0 aromatic carbocycles. The molecule has 0 saturated carbocycles. The monoisotopic (exact) mass is 267 g/mol. The van der Waals surface area contributed by atoms with E-state index in [0.29, 0.717) is 18.5 Å². The van der Waals surface area contributed by atoms with Gasteiger partial charge in [-0.05, 0) is 18.9 Å². The number of amides is 2. The first-order valence-corrected chi connectivity index (χ1v) is 6.64. The number of carbonyl (C=O) groups excluding carboxylic acids is 3. The van der Waals surface area contributed by atoms with Crippen molar-refractivity contribution >= 4 is 17.8 Å². The maximum absolute atomic E-state index is 11.8. The Morgan fingerprint density at radius 2 is 1.95 bits per heavy atom. The van der Waals surface area contributed by atoms with Gasteiger partial charge in [0.15, 0.2) is 0 Å². The van der Waals surface area contributed by atoms with Gasteiger partial charge in [-0.3, -0.25) is 19.3 Å². The molecule has 0 spiro atoms. The second-order valence-corrected chi connectivity index (χ2v) is 4.78. The van der Waals surface area contributed by atoms with E-state index in [1.807, 2.05) is 0 Å². The lowest BCUT2D eigenvalue weighted by Gasteiger charge is -2.33. The van der Waals surface area contributed by atoms with E-state index in [4.69, 9.17) is 4.74 Å². The maximum Gasteiger partial charge on any atom is 0.302 e. The Balaban J connectivity index is 2.45. The van der Waals surface area contributed by atoms with E-state index < -0.39 is 0 Å². The number of unbranched alkanes of at least 4 members (excludes halogenated alkanes) is 2. The Kier molecular flexibility index (Phi) is 5.73. The fraction of sp³-hybridized carbons (Fsp3) is 0.643. The molecule has 1 fully saturated rings. The van der Waals surface area contributed by atoms with Gasteiger partial charge in [-0.2, -0.15) is 0 Å². The van der Waals surface area contributed by atoms with Gasteiger partial charge in [0.05, 0.1) is 6.54 Å². The highest BCUT2D eigenvalue weighted by Gasteiger charge is 2.36. The zero-order valence-electron chi connectivity index (χ0n) is 11.8. The zero-order chi connectivity index (χ0) is 14.4. The van der Waals surface area contributed by atoms with Crippen LogP contribution in [0.15, 0.2) is 11.1 Å². The molecule has 0 aliphatic carbocycles. The summed E-state index contributed by atoms with van der Waals surface area (Å²) in [4.78, 5) is 35.5. The summed E-state index contributed by atoms with van der Waals surface area (Å²) < 4.78 is 4.83. The summed E-state index contributed by atoms with van der Waals surface area (Å²) in [6.07, 6.45) is 3.30. The van der Waals surface area contributed by atoms with Crippen molar-refractivity contribution in [2.45, 2.75) is 46.5 Å². The Hall–Kier alpha value is -1.65. The van der Waals surface area contributed by atoms with E-state index in [-0.39, 0.29) is 24.4 Å². The average Bonchev–Trinajstić information content (AvgIpc) is 2.35. The number of hydrogen-bond acceptors (Lipinski definition) is 4. The maximum atomic E-state index is 11.8. The van der Waals surface area contributed by atoms with E-state index in [0.717, 1.165) is 24.8 Å². The van der Waals surface area contributed by atoms with E-state index in [1.165, 1.54) is 11.8 Å². The lowest BCUT2D eigenvalue weighted by molar-refractivity contribution is -0.147. The van der Waals surface area contributed by atoms with E-state index >= 15 is 0 Å². The van der Waals surface area contributed by atoms with Gasteiger partial charge in [0.25, 0.3) is 5.91 Å². The second kappa shape index (κ2) is 7.07. The van der Waals surface area contributed by atoms with Gasteiger partial charge in [0, 0.05) is 18.9 Å². The molecule has 0 aromatic rings. The molecule has 1 saturated heterocycles. The molecular formula is C14H21NO4. The Morgan fingerprint density at radius 3 is 2.47 bits per heavy atom. The minimum Gasteiger partial charge on any atom is -0.461 e. The van der Waals surface area contributed by atoms with Crippen LogP contribution in [0.3, 0.4) is 0 Å². The van der Waals surface area contributed by atoms with Gasteiger partial charge in [0.1, 0.15) is 6.61 Å². The third-order valence-corrected chi connectivity index (χ3v) is 3.12. The van der Waals surface area contributed by atoms with Gasteiger partial charge in [0.2, 0.25) is 5.91 Å². The summed E-state index contributed by atoms with van der Waals surface area (Å²) in [6, 6.07) is 0. The predicted octanol–water partition coefficient (Wildman–Crippen LogP) is 1.82. The lowest BCUT2D eigenvalue weighted by Crippen LogP contribution is -2.50. The van der Waals surface area contributed by atoms with Gasteiger partial charge in [-0.15, -0.1) is 0 Å². The lowest BCUT2D eigenvalue weighted by atomic mass is 10.00. The smallest absolute Gasteiger partial charge is 0.302 e. The number of ether oxygens (including phenoxy) is 1. The number of esters is 1. The van der Waals surface area contributed by atoms with E-state index in [2.05, 4.69) is 6.92 Å². The molecular weight excluding hydrogens is 246 g/mol. The summed E-state index contributed by atoms with van der Waals surface area (Å²) in [6.45, 7) is 5.60. The predicted molar refractivity (Wildman–Crippen MR) is 70.2 cm³/mol. The van der Waals surface area contributed by atoms with Crippen LogP contribution in [0, 0.1) is 0 Å². The molecule has 0 unspecified atom stereocenters. The van der Waals surface area contributed by atoms with Crippen molar-refractivity contribution in [1.29, 1.82) is 0 Å². The molecule has 0 N–H and O–H groups in total. The van der Waals surface area contributed by atoms with Crippen molar-refractivity contribution in [3.8, 4) is 0 Å². The molecule has 0 aromatic heterocycles. The van der Waals surface area contributed by atoms with Crippen molar-refractivity contribution in [2.75, 3.05) is 13.2 Å². The third kappa shape index (κ3) is 4.19. The number of carbonyl (C=O) groups is 3. The van der Waals surface area contributed by atoms with Crippen molar-refractivity contribution < 1.29 is 19.1 Å². The van der Waals surface area contributed by atoms with E-state index in [1.54, 1.807) is 6.92 Å². The standard InChI is InChI=1S/C14H21NO4/c1-4-5-6-7-13(17)15-8-12(14(15)18)10(2)9-19-11(3)16/h4-9H2,1-3H3/b12-10-. The first kappa shape index (κ1) is 15.4. The Morgan fingerprint density at radius 1 is 1.26 bits per heavy atom. The van der Waals surface area contributed by atoms with Crippen LogP contribution in [0.2, 0.25) is 0 Å². The van der Waals surface area contributed by atoms with Crippen LogP contribution in [-0.4, -0.2) is 35.8 Å². The SMILES string of the molecule is CCCCCC(=O)N1C/C(=C(\C)COC(C)=O)C1=O. The minimum atomic E-state index is -0.376. The van der Waals surface area contributed by atoms with Crippen molar-refractivity contribution in [3.63, 3.8) is 0 Å². The molecule has 19 heavy (non-hydrogen) atoms. The highest BCUT2D eigenvalue weighted by atomic mass is 16.5. The van der Waals surface area contributed by atoms with Crippen molar-refractivity contribution in [2.24, 2.45) is 0 Å². The number of imide groups is 1. The highest BCUT2D eigenvalue weighted by molar-refractivity contribution is 6.11. The molecule has 0 atom stereocenters. The van der Waals surface area contributed by atoms with Crippen LogP contribution in [0.25, 0.3) is 0 Å². The first-order valence-electron chi connectivity index (χ1n) is 6.64. The zero-order valence-corrected chi connectivity index (χ0v) is 11.8. The Labute approximate surface area is 113 Å². The fourth-order valence-corrected chi connectivity index (χ4v) is 1.85. The summed E-state index contributed by atoms with van der Waals surface area (Å²) in [5.41, 5.74) is 1.31. The van der Waals surface area contributed by atoms with Crippen LogP contribution in [0.5, 0.6) is 0 Å². The highest BCUT2D eigenvalue weighted by Crippen LogP contribution is 2.22. The van der Waals surface area contributed by atoms with Crippen LogP contribution in [0.4, 0.5) is 0 Å². The summed E-state index contributed by atoms with van der Waals surface area (Å²) in [7, 11) is 0. The molecule has 5 heteroatoms. The first-order chi connectivity index (χ1) is 8.97. The molecule has 0 radical (unpaired) electrons. The van der Waals surface area contributed by atoms with Crippen LogP contribution < -0.4 is 0 Å². The quantitative estimate of drug-likeness (QED) is 0.319. The summed E-state index contributed by atoms with van der Waals surface area (Å²) in [5.74, 6) is -0.729. The van der Waals surface area contributed by atoms with Crippen molar-refractivity contribution in [3.05, 3.63) is 11.1 Å². The van der Waals surface area contributed by atoms with Crippen LogP contribution in [0.1, 0.15) is 46.5 Å². The second-order valence-electron chi connectivity index (χ2n) is 4.78. The minimum absolute atomic E-state index is 0.109. The van der Waals surface area contributed by atoms with Crippen LogP contribution in [-0.2, 0) is 19.1 Å².